The molecule has 0 aliphatic carbocycles. The number of nitrogens with zero attached hydrogens (tertiary/aromatic N) is 4. The van der Waals surface area contributed by atoms with Crippen molar-refractivity contribution in [1.29, 1.82) is 0 Å². The molecule has 0 spiro atoms. The third-order valence-corrected chi connectivity index (χ3v) is 3.55. The van der Waals surface area contributed by atoms with E-state index in [9.17, 15) is 8.42 Å². The van der Waals surface area contributed by atoms with Crippen LogP contribution in [-0.4, -0.2) is 28.6 Å². The maximum absolute atomic E-state index is 11.3. The molecule has 0 saturated carbocycles. The third kappa shape index (κ3) is 3.11. The van der Waals surface area contributed by atoms with E-state index in [1.165, 1.54) is 16.9 Å². The van der Waals surface area contributed by atoms with Gasteiger partial charge in [-0.05, 0) is 42.3 Å². The van der Waals surface area contributed by atoms with Crippen LogP contribution in [0.2, 0.25) is 0 Å². The first kappa shape index (κ1) is 14.4. The number of hydrogen-bond donors (Lipinski definition) is 1. The monoisotopic (exact) mass is 297 g/mol. The van der Waals surface area contributed by atoms with Crippen LogP contribution >= 0.6 is 0 Å². The second kappa shape index (κ2) is 5.17. The van der Waals surface area contributed by atoms with Crippen molar-refractivity contribution in [2.75, 3.05) is 0 Å². The highest BCUT2D eigenvalue weighted by Crippen LogP contribution is 2.26. The smallest absolute Gasteiger partial charge is 0.238 e. The van der Waals surface area contributed by atoms with Gasteiger partial charge in [0.1, 0.15) is 5.75 Å². The highest BCUT2D eigenvalue weighted by atomic mass is 32.2. The summed E-state index contributed by atoms with van der Waals surface area (Å²) in [5, 5.41) is 16.6. The Labute approximate surface area is 116 Å². The number of nitrogens with two attached hydrogens (primary N) is 1. The Morgan fingerprint density at radius 2 is 1.90 bits per heavy atom. The van der Waals surface area contributed by atoms with Crippen molar-refractivity contribution in [3.63, 3.8) is 0 Å². The van der Waals surface area contributed by atoms with Gasteiger partial charge in [0, 0.05) is 0 Å². The van der Waals surface area contributed by atoms with Crippen molar-refractivity contribution >= 4 is 10.0 Å². The minimum absolute atomic E-state index is 0.0671. The number of primary sulfonamides is 1. The van der Waals surface area contributed by atoms with E-state index in [-0.39, 0.29) is 11.5 Å². The number of rotatable bonds is 4. The molecule has 9 heteroatoms. The van der Waals surface area contributed by atoms with Crippen LogP contribution < -0.4 is 9.88 Å². The molecule has 0 radical (unpaired) electrons. The van der Waals surface area contributed by atoms with E-state index in [4.69, 9.17) is 9.88 Å². The minimum atomic E-state index is -3.72. The molecule has 20 heavy (non-hydrogen) atoms. The molecular weight excluding hydrogens is 282 g/mol. The van der Waals surface area contributed by atoms with Gasteiger partial charge in [-0.3, -0.25) is 0 Å². The Bertz CT molecular complexity index is 715. The highest BCUT2D eigenvalue weighted by molar-refractivity contribution is 7.89. The van der Waals surface area contributed by atoms with Crippen molar-refractivity contribution < 1.29 is 13.2 Å². The Balaban J connectivity index is 2.25. The molecule has 0 bridgehead atoms. The highest BCUT2D eigenvalue weighted by Gasteiger charge is 2.14. The summed E-state index contributed by atoms with van der Waals surface area (Å²) in [7, 11) is -2.06. The zero-order valence-corrected chi connectivity index (χ0v) is 12.2. The van der Waals surface area contributed by atoms with Gasteiger partial charge in [0.25, 0.3) is 0 Å². The summed E-state index contributed by atoms with van der Waals surface area (Å²) >= 11 is 0. The van der Waals surface area contributed by atoms with Gasteiger partial charge in [0.2, 0.25) is 15.8 Å². The standard InChI is InChI=1S/C11H15N5O3S/c1-7-4-9(20(12,17)18)5-8(2)11(7)19-6-10-13-15-16(3)14-10/h4-5H,6H2,1-3H3,(H2,12,17,18). The van der Waals surface area contributed by atoms with Gasteiger partial charge in [0.15, 0.2) is 6.61 Å². The number of aromatic nitrogens is 4. The SMILES string of the molecule is Cc1cc(S(N)(=O)=O)cc(C)c1OCc1nnn(C)n1. The van der Waals surface area contributed by atoms with Crippen LogP contribution in [0.25, 0.3) is 0 Å². The van der Waals surface area contributed by atoms with Gasteiger partial charge >= 0.3 is 0 Å². The summed E-state index contributed by atoms with van der Waals surface area (Å²) in [6.07, 6.45) is 0. The zero-order chi connectivity index (χ0) is 14.9. The fraction of sp³-hybridized carbons (Fsp3) is 0.364. The van der Waals surface area contributed by atoms with Gasteiger partial charge < -0.3 is 4.74 Å². The number of aryl methyl sites for hydroxylation is 3. The lowest BCUT2D eigenvalue weighted by Gasteiger charge is -2.12. The molecule has 0 amide bonds. The summed E-state index contributed by atoms with van der Waals surface area (Å²) < 4.78 is 28.3. The van der Waals surface area contributed by atoms with Gasteiger partial charge in [-0.2, -0.15) is 4.80 Å². The van der Waals surface area contributed by atoms with E-state index in [1.807, 2.05) is 0 Å². The molecule has 2 aromatic rings. The van der Waals surface area contributed by atoms with Gasteiger partial charge in [0.05, 0.1) is 11.9 Å². The molecule has 2 rings (SSSR count). The molecule has 1 heterocycles. The first-order valence-corrected chi connectivity index (χ1v) is 7.31. The van der Waals surface area contributed by atoms with E-state index in [0.29, 0.717) is 22.7 Å². The first-order chi connectivity index (χ1) is 9.27. The number of sulfonamides is 1. The molecule has 0 unspecified atom stereocenters. The van der Waals surface area contributed by atoms with Crippen LogP contribution in [0.15, 0.2) is 17.0 Å². The molecule has 108 valence electrons. The number of ether oxygens (including phenoxy) is 1. The summed E-state index contributed by atoms with van der Waals surface area (Å²) in [4.78, 5) is 1.40. The lowest BCUT2D eigenvalue weighted by Crippen LogP contribution is -2.13. The molecular formula is C11H15N5O3S. The second-order valence-electron chi connectivity index (χ2n) is 4.41. The van der Waals surface area contributed by atoms with Crippen molar-refractivity contribution in [3.05, 3.63) is 29.1 Å². The summed E-state index contributed by atoms with van der Waals surface area (Å²) in [5.41, 5.74) is 1.36. The largest absolute Gasteiger partial charge is 0.485 e. The molecule has 1 aromatic heterocycles. The fourth-order valence-electron chi connectivity index (χ4n) is 1.82. The topological polar surface area (TPSA) is 113 Å². The maximum atomic E-state index is 11.3. The average molecular weight is 297 g/mol. The number of hydrogen-bond acceptors (Lipinski definition) is 6. The van der Waals surface area contributed by atoms with Crippen LogP contribution in [0.1, 0.15) is 17.0 Å². The Hall–Kier alpha value is -2.00. The van der Waals surface area contributed by atoms with Crippen molar-refractivity contribution in [2.45, 2.75) is 25.3 Å². The third-order valence-electron chi connectivity index (χ3n) is 2.66. The van der Waals surface area contributed by atoms with Crippen LogP contribution in [0.5, 0.6) is 5.75 Å². The maximum Gasteiger partial charge on any atom is 0.238 e. The molecule has 0 fully saturated rings. The van der Waals surface area contributed by atoms with E-state index >= 15 is 0 Å². The molecule has 8 nitrogen and oxygen atoms in total. The quantitative estimate of drug-likeness (QED) is 0.853. The second-order valence-corrected chi connectivity index (χ2v) is 5.98. The van der Waals surface area contributed by atoms with Crippen molar-refractivity contribution in [2.24, 2.45) is 12.2 Å². The van der Waals surface area contributed by atoms with Crippen LogP contribution in [0.4, 0.5) is 0 Å². The van der Waals surface area contributed by atoms with E-state index < -0.39 is 10.0 Å². The lowest BCUT2D eigenvalue weighted by molar-refractivity contribution is 0.291. The predicted molar refractivity (Wildman–Crippen MR) is 70.4 cm³/mol. The molecule has 1 aromatic carbocycles. The van der Waals surface area contributed by atoms with Gasteiger partial charge in [-0.25, -0.2) is 13.6 Å². The minimum Gasteiger partial charge on any atom is -0.485 e. The van der Waals surface area contributed by atoms with Crippen LogP contribution in [0, 0.1) is 13.8 Å². The zero-order valence-electron chi connectivity index (χ0n) is 11.4. The Kier molecular flexibility index (Phi) is 3.73. The van der Waals surface area contributed by atoms with Gasteiger partial charge in [-0.1, -0.05) is 0 Å². The molecule has 0 aliphatic rings. The van der Waals surface area contributed by atoms with Gasteiger partial charge in [-0.15, -0.1) is 10.2 Å². The number of benzene rings is 1. The summed E-state index contributed by atoms with van der Waals surface area (Å²) in [5.74, 6) is 1.03. The van der Waals surface area contributed by atoms with Crippen LogP contribution in [0.3, 0.4) is 0 Å². The Morgan fingerprint density at radius 3 is 2.35 bits per heavy atom. The predicted octanol–water partition coefficient (Wildman–Crippen LogP) is 0.0533. The molecule has 0 saturated heterocycles. The lowest BCUT2D eigenvalue weighted by atomic mass is 10.1. The number of tetrazole rings is 1. The normalized spacial score (nSPS) is 11.6. The van der Waals surface area contributed by atoms with E-state index in [2.05, 4.69) is 15.4 Å². The average Bonchev–Trinajstić information content (AvgIpc) is 2.72. The van der Waals surface area contributed by atoms with E-state index in [1.54, 1.807) is 20.9 Å². The van der Waals surface area contributed by atoms with Crippen LogP contribution in [-0.2, 0) is 23.7 Å². The molecule has 0 atom stereocenters. The van der Waals surface area contributed by atoms with E-state index in [0.717, 1.165) is 0 Å². The summed E-state index contributed by atoms with van der Waals surface area (Å²) in [6.45, 7) is 3.66. The first-order valence-electron chi connectivity index (χ1n) is 5.77. The van der Waals surface area contributed by atoms with Crippen molar-refractivity contribution in [3.8, 4) is 5.75 Å². The van der Waals surface area contributed by atoms with Crippen molar-refractivity contribution in [1.82, 2.24) is 20.2 Å². The Morgan fingerprint density at radius 1 is 1.30 bits per heavy atom. The molecule has 0 aliphatic heterocycles. The molecule has 2 N–H and O–H groups in total. The fourth-order valence-corrected chi connectivity index (χ4v) is 2.50. The summed E-state index contributed by atoms with van der Waals surface area (Å²) in [6, 6.07) is 2.95.